The van der Waals surface area contributed by atoms with Crippen molar-refractivity contribution < 1.29 is 14.3 Å². The molecule has 0 aliphatic rings. The molecule has 2 amide bonds. The van der Waals surface area contributed by atoms with Crippen molar-refractivity contribution in [3.63, 3.8) is 0 Å². The number of ether oxygens (including phenoxy) is 1. The fraction of sp³-hybridized carbons (Fsp3) is 0.333. The van der Waals surface area contributed by atoms with Gasteiger partial charge in [-0.2, -0.15) is 11.8 Å². The SMILES string of the molecule is CSCCC(NC(=O)COc1ccccc1)C(=O)NC(C)c1ccccc1Cl. The number of benzene rings is 2. The van der Waals surface area contributed by atoms with E-state index in [0.717, 1.165) is 11.3 Å². The minimum Gasteiger partial charge on any atom is -0.484 e. The van der Waals surface area contributed by atoms with Crippen molar-refractivity contribution in [2.24, 2.45) is 0 Å². The highest BCUT2D eigenvalue weighted by Gasteiger charge is 2.23. The first kappa shape index (κ1) is 22.1. The summed E-state index contributed by atoms with van der Waals surface area (Å²) in [5, 5.41) is 6.30. The normalized spacial score (nSPS) is 12.7. The number of rotatable bonds is 10. The van der Waals surface area contributed by atoms with Gasteiger partial charge >= 0.3 is 0 Å². The summed E-state index contributed by atoms with van der Waals surface area (Å²) in [6.07, 6.45) is 2.49. The Morgan fingerprint density at radius 2 is 1.75 bits per heavy atom. The lowest BCUT2D eigenvalue weighted by atomic mass is 10.1. The van der Waals surface area contributed by atoms with Gasteiger partial charge in [-0.05, 0) is 49.1 Å². The molecule has 0 fully saturated rings. The second-order valence-corrected chi connectivity index (χ2v) is 7.65. The van der Waals surface area contributed by atoms with Crippen LogP contribution in [0.5, 0.6) is 5.75 Å². The molecule has 2 atom stereocenters. The summed E-state index contributed by atoms with van der Waals surface area (Å²) in [5.74, 6) is 0.776. The first-order chi connectivity index (χ1) is 13.5. The van der Waals surface area contributed by atoms with E-state index in [9.17, 15) is 9.59 Å². The third-order valence-corrected chi connectivity index (χ3v) is 5.09. The molecule has 0 spiro atoms. The Kier molecular flexibility index (Phi) is 9.17. The number of thioether (sulfide) groups is 1. The Morgan fingerprint density at radius 1 is 1.07 bits per heavy atom. The van der Waals surface area contributed by atoms with Gasteiger partial charge in [0, 0.05) is 5.02 Å². The molecule has 2 aromatic carbocycles. The molecule has 28 heavy (non-hydrogen) atoms. The highest BCUT2D eigenvalue weighted by molar-refractivity contribution is 7.98. The summed E-state index contributed by atoms with van der Waals surface area (Å²) in [7, 11) is 0. The van der Waals surface area contributed by atoms with Crippen LogP contribution in [0.15, 0.2) is 54.6 Å². The molecule has 0 aliphatic carbocycles. The van der Waals surface area contributed by atoms with Crippen LogP contribution >= 0.6 is 23.4 Å². The van der Waals surface area contributed by atoms with E-state index in [-0.39, 0.29) is 24.5 Å². The van der Waals surface area contributed by atoms with E-state index in [1.54, 1.807) is 30.0 Å². The molecule has 2 aromatic rings. The second kappa shape index (κ2) is 11.6. The van der Waals surface area contributed by atoms with Crippen LogP contribution in [0.4, 0.5) is 0 Å². The van der Waals surface area contributed by atoms with Gasteiger partial charge in [0.05, 0.1) is 6.04 Å². The number of para-hydroxylation sites is 1. The molecule has 2 rings (SSSR count). The van der Waals surface area contributed by atoms with E-state index in [2.05, 4.69) is 10.6 Å². The molecular formula is C21H25ClN2O3S. The molecule has 5 nitrogen and oxygen atoms in total. The van der Waals surface area contributed by atoms with Crippen LogP contribution in [-0.4, -0.2) is 36.5 Å². The summed E-state index contributed by atoms with van der Waals surface area (Å²) in [6.45, 7) is 1.72. The number of hydrogen-bond acceptors (Lipinski definition) is 4. The predicted molar refractivity (Wildman–Crippen MR) is 115 cm³/mol. The Balaban J connectivity index is 1.94. The Bertz CT molecular complexity index is 773. The van der Waals surface area contributed by atoms with Crippen molar-refractivity contribution in [2.75, 3.05) is 18.6 Å². The number of carbonyl (C=O) groups is 2. The fourth-order valence-electron chi connectivity index (χ4n) is 2.62. The van der Waals surface area contributed by atoms with Gasteiger partial charge in [0.2, 0.25) is 5.91 Å². The average molecular weight is 421 g/mol. The van der Waals surface area contributed by atoms with Crippen LogP contribution in [-0.2, 0) is 9.59 Å². The highest BCUT2D eigenvalue weighted by Crippen LogP contribution is 2.22. The molecule has 0 aromatic heterocycles. The molecule has 0 heterocycles. The third-order valence-electron chi connectivity index (χ3n) is 4.11. The zero-order valence-electron chi connectivity index (χ0n) is 16.0. The average Bonchev–Trinajstić information content (AvgIpc) is 2.70. The molecule has 0 saturated carbocycles. The smallest absolute Gasteiger partial charge is 0.258 e. The van der Waals surface area contributed by atoms with Gasteiger partial charge in [-0.1, -0.05) is 48.0 Å². The fourth-order valence-corrected chi connectivity index (χ4v) is 3.39. The van der Waals surface area contributed by atoms with Crippen molar-refractivity contribution in [3.05, 3.63) is 65.2 Å². The first-order valence-electron chi connectivity index (χ1n) is 9.02. The summed E-state index contributed by atoms with van der Waals surface area (Å²) < 4.78 is 5.45. The standard InChI is InChI=1S/C21H25ClN2O3S/c1-15(17-10-6-7-11-18(17)22)23-21(26)19(12-13-28-2)24-20(25)14-27-16-8-4-3-5-9-16/h3-11,15,19H,12-14H2,1-2H3,(H,23,26)(H,24,25). The van der Waals surface area contributed by atoms with Gasteiger partial charge in [-0.25, -0.2) is 0 Å². The third kappa shape index (κ3) is 7.09. The Morgan fingerprint density at radius 3 is 2.43 bits per heavy atom. The summed E-state index contributed by atoms with van der Waals surface area (Å²) in [6, 6.07) is 15.6. The molecule has 2 N–H and O–H groups in total. The molecule has 2 unspecified atom stereocenters. The van der Waals surface area contributed by atoms with Gasteiger partial charge in [0.1, 0.15) is 11.8 Å². The van der Waals surface area contributed by atoms with Gasteiger partial charge in [-0.3, -0.25) is 9.59 Å². The number of nitrogens with one attached hydrogen (secondary N) is 2. The Labute approximate surface area is 175 Å². The quantitative estimate of drug-likeness (QED) is 0.613. The first-order valence-corrected chi connectivity index (χ1v) is 10.8. The van der Waals surface area contributed by atoms with Gasteiger partial charge in [-0.15, -0.1) is 0 Å². The Hall–Kier alpha value is -2.18. The highest BCUT2D eigenvalue weighted by atomic mass is 35.5. The lowest BCUT2D eigenvalue weighted by Crippen LogP contribution is -2.48. The molecular weight excluding hydrogens is 396 g/mol. The predicted octanol–water partition coefficient (Wildman–Crippen LogP) is 3.83. The lowest BCUT2D eigenvalue weighted by Gasteiger charge is -2.22. The molecule has 0 aliphatic heterocycles. The monoisotopic (exact) mass is 420 g/mol. The van der Waals surface area contributed by atoms with Crippen molar-refractivity contribution in [1.29, 1.82) is 0 Å². The summed E-state index contributed by atoms with van der Waals surface area (Å²) >= 11 is 7.83. The van der Waals surface area contributed by atoms with Crippen LogP contribution < -0.4 is 15.4 Å². The zero-order chi connectivity index (χ0) is 20.4. The maximum atomic E-state index is 12.7. The summed E-state index contributed by atoms with van der Waals surface area (Å²) in [5.41, 5.74) is 0.833. The molecule has 0 bridgehead atoms. The molecule has 0 radical (unpaired) electrons. The minimum absolute atomic E-state index is 0.146. The largest absolute Gasteiger partial charge is 0.484 e. The second-order valence-electron chi connectivity index (χ2n) is 6.26. The molecule has 0 saturated heterocycles. The van der Waals surface area contributed by atoms with Crippen molar-refractivity contribution >= 4 is 35.2 Å². The number of halogens is 1. The van der Waals surface area contributed by atoms with E-state index in [0.29, 0.717) is 17.2 Å². The van der Waals surface area contributed by atoms with Crippen LogP contribution in [0.2, 0.25) is 5.02 Å². The van der Waals surface area contributed by atoms with Crippen molar-refractivity contribution in [3.8, 4) is 5.75 Å². The topological polar surface area (TPSA) is 67.4 Å². The van der Waals surface area contributed by atoms with E-state index < -0.39 is 6.04 Å². The van der Waals surface area contributed by atoms with Gasteiger partial charge in [0.15, 0.2) is 6.61 Å². The van der Waals surface area contributed by atoms with Gasteiger partial charge in [0.25, 0.3) is 5.91 Å². The number of amides is 2. The number of hydrogen-bond donors (Lipinski definition) is 2. The minimum atomic E-state index is -0.635. The van der Waals surface area contributed by atoms with Crippen LogP contribution in [0.3, 0.4) is 0 Å². The van der Waals surface area contributed by atoms with Crippen molar-refractivity contribution in [1.82, 2.24) is 10.6 Å². The van der Waals surface area contributed by atoms with Crippen LogP contribution in [0, 0.1) is 0 Å². The zero-order valence-corrected chi connectivity index (χ0v) is 17.6. The van der Waals surface area contributed by atoms with Crippen LogP contribution in [0.1, 0.15) is 24.9 Å². The van der Waals surface area contributed by atoms with Crippen molar-refractivity contribution in [2.45, 2.75) is 25.4 Å². The number of carbonyl (C=O) groups excluding carboxylic acids is 2. The van der Waals surface area contributed by atoms with E-state index in [1.807, 2.05) is 49.6 Å². The molecule has 7 heteroatoms. The summed E-state index contributed by atoms with van der Waals surface area (Å²) in [4.78, 5) is 25.0. The maximum absolute atomic E-state index is 12.7. The van der Waals surface area contributed by atoms with E-state index >= 15 is 0 Å². The van der Waals surface area contributed by atoms with E-state index in [4.69, 9.17) is 16.3 Å². The molecule has 150 valence electrons. The van der Waals surface area contributed by atoms with Gasteiger partial charge < -0.3 is 15.4 Å². The van der Waals surface area contributed by atoms with Crippen LogP contribution in [0.25, 0.3) is 0 Å². The lowest BCUT2D eigenvalue weighted by molar-refractivity contribution is -0.130. The van der Waals surface area contributed by atoms with E-state index in [1.165, 1.54) is 0 Å². The maximum Gasteiger partial charge on any atom is 0.258 e.